The van der Waals surface area contributed by atoms with Crippen LogP contribution in [0.15, 0.2) is 42.5 Å². The Morgan fingerprint density at radius 3 is 2.35 bits per heavy atom. The van der Waals surface area contributed by atoms with Gasteiger partial charge in [-0.15, -0.1) is 0 Å². The molecule has 4 N–H and O–H groups in total. The number of nitrogens with one attached hydrogen (secondary N) is 1. The van der Waals surface area contributed by atoms with Gasteiger partial charge in [0.1, 0.15) is 0 Å². The Labute approximate surface area is 116 Å². The second-order valence-electron chi connectivity index (χ2n) is 4.36. The van der Waals surface area contributed by atoms with Crippen LogP contribution in [0.5, 0.6) is 0 Å². The van der Waals surface area contributed by atoms with Gasteiger partial charge >= 0.3 is 5.97 Å². The summed E-state index contributed by atoms with van der Waals surface area (Å²) in [6, 6.07) is 11.1. The number of carbonyl (C=O) groups is 2. The van der Waals surface area contributed by atoms with E-state index in [9.17, 15) is 9.59 Å². The Morgan fingerprint density at radius 2 is 1.75 bits per heavy atom. The molecular formula is C15H14N2O3. The number of aromatic carboxylic acids is 1. The summed E-state index contributed by atoms with van der Waals surface area (Å²) in [7, 11) is 0. The maximum absolute atomic E-state index is 12.1. The van der Waals surface area contributed by atoms with Crippen LogP contribution in [-0.2, 0) is 0 Å². The summed E-state index contributed by atoms with van der Waals surface area (Å²) >= 11 is 0. The zero-order valence-electron chi connectivity index (χ0n) is 10.9. The zero-order chi connectivity index (χ0) is 14.7. The number of nitrogens with two attached hydrogens (primary N) is 1. The van der Waals surface area contributed by atoms with E-state index in [2.05, 4.69) is 5.32 Å². The summed E-state index contributed by atoms with van der Waals surface area (Å²) in [5, 5.41) is 11.5. The highest BCUT2D eigenvalue weighted by molar-refractivity contribution is 6.06. The first kappa shape index (κ1) is 13.6. The van der Waals surface area contributed by atoms with Gasteiger partial charge in [-0.1, -0.05) is 6.07 Å². The minimum atomic E-state index is -1.01. The summed E-state index contributed by atoms with van der Waals surface area (Å²) in [6.45, 7) is 1.78. The number of carboxylic acid groups (broad SMARTS) is 1. The van der Waals surface area contributed by atoms with Crippen LogP contribution in [0.1, 0.15) is 26.3 Å². The summed E-state index contributed by atoms with van der Waals surface area (Å²) in [6.07, 6.45) is 0. The smallest absolute Gasteiger partial charge is 0.335 e. The predicted molar refractivity (Wildman–Crippen MR) is 76.9 cm³/mol. The molecule has 5 heteroatoms. The molecule has 2 aromatic carbocycles. The van der Waals surface area contributed by atoms with Crippen LogP contribution in [0.4, 0.5) is 11.4 Å². The zero-order valence-corrected chi connectivity index (χ0v) is 10.9. The highest BCUT2D eigenvalue weighted by Crippen LogP contribution is 2.17. The molecule has 1 amide bonds. The maximum Gasteiger partial charge on any atom is 0.335 e. The lowest BCUT2D eigenvalue weighted by Gasteiger charge is -2.09. The molecule has 0 aromatic heterocycles. The number of anilines is 2. The van der Waals surface area contributed by atoms with Gasteiger partial charge in [-0.25, -0.2) is 4.79 Å². The van der Waals surface area contributed by atoms with Crippen LogP contribution >= 0.6 is 0 Å². The number of carbonyl (C=O) groups excluding carboxylic acids is 1. The molecule has 0 heterocycles. The minimum Gasteiger partial charge on any atom is -0.478 e. The van der Waals surface area contributed by atoms with Crippen molar-refractivity contribution in [3.63, 3.8) is 0 Å². The number of hydrogen-bond acceptors (Lipinski definition) is 3. The Kier molecular flexibility index (Phi) is 3.70. The Bertz CT molecular complexity index is 663. The van der Waals surface area contributed by atoms with E-state index in [1.807, 2.05) is 0 Å². The van der Waals surface area contributed by atoms with Crippen LogP contribution in [0.2, 0.25) is 0 Å². The first-order chi connectivity index (χ1) is 9.49. The van der Waals surface area contributed by atoms with Crippen molar-refractivity contribution < 1.29 is 14.7 Å². The number of benzene rings is 2. The Balaban J connectivity index is 2.19. The van der Waals surface area contributed by atoms with Crippen molar-refractivity contribution in [2.75, 3.05) is 11.1 Å². The second kappa shape index (κ2) is 5.44. The molecule has 0 saturated heterocycles. The van der Waals surface area contributed by atoms with Gasteiger partial charge in [-0.3, -0.25) is 4.79 Å². The number of amides is 1. The molecule has 102 valence electrons. The molecular weight excluding hydrogens is 256 g/mol. The lowest BCUT2D eigenvalue weighted by molar-refractivity contribution is 0.0696. The first-order valence-corrected chi connectivity index (χ1v) is 5.99. The van der Waals surface area contributed by atoms with Gasteiger partial charge in [0.25, 0.3) is 5.91 Å². The van der Waals surface area contributed by atoms with Crippen LogP contribution in [0, 0.1) is 6.92 Å². The fraction of sp³-hybridized carbons (Fsp3) is 0.0667. The summed E-state index contributed by atoms with van der Waals surface area (Å²) in [5.41, 5.74) is 8.22. The third kappa shape index (κ3) is 2.77. The highest BCUT2D eigenvalue weighted by atomic mass is 16.4. The highest BCUT2D eigenvalue weighted by Gasteiger charge is 2.11. The molecule has 0 spiro atoms. The van der Waals surface area contributed by atoms with E-state index < -0.39 is 5.97 Å². The van der Waals surface area contributed by atoms with Crippen molar-refractivity contribution in [3.8, 4) is 0 Å². The summed E-state index contributed by atoms with van der Waals surface area (Å²) in [5.74, 6) is -1.28. The van der Waals surface area contributed by atoms with Gasteiger partial charge in [0.2, 0.25) is 0 Å². The van der Waals surface area contributed by atoms with Gasteiger partial charge < -0.3 is 16.2 Å². The van der Waals surface area contributed by atoms with Crippen molar-refractivity contribution >= 4 is 23.3 Å². The average molecular weight is 270 g/mol. The average Bonchev–Trinajstić information content (AvgIpc) is 2.42. The van der Waals surface area contributed by atoms with Crippen molar-refractivity contribution in [1.29, 1.82) is 0 Å². The molecule has 0 unspecified atom stereocenters. The predicted octanol–water partition coefficient (Wildman–Crippen LogP) is 2.53. The molecule has 0 aliphatic carbocycles. The van der Waals surface area contributed by atoms with Crippen LogP contribution in [-0.4, -0.2) is 17.0 Å². The number of hydrogen-bond donors (Lipinski definition) is 3. The standard InChI is InChI=1S/C15H14N2O3/c1-9-12(3-2-4-13(9)16)14(18)17-11-7-5-10(6-8-11)15(19)20/h2-8H,16H2,1H3,(H,17,18)(H,19,20). The molecule has 5 nitrogen and oxygen atoms in total. The molecule has 0 aliphatic heterocycles. The maximum atomic E-state index is 12.1. The SMILES string of the molecule is Cc1c(N)cccc1C(=O)Nc1ccc(C(=O)O)cc1. The molecule has 2 aromatic rings. The number of carboxylic acids is 1. The second-order valence-corrected chi connectivity index (χ2v) is 4.36. The minimum absolute atomic E-state index is 0.170. The molecule has 0 bridgehead atoms. The first-order valence-electron chi connectivity index (χ1n) is 5.99. The van der Waals surface area contributed by atoms with Crippen LogP contribution in [0.3, 0.4) is 0 Å². The molecule has 2 rings (SSSR count). The Morgan fingerprint density at radius 1 is 1.10 bits per heavy atom. The lowest BCUT2D eigenvalue weighted by Crippen LogP contribution is -2.14. The number of nitrogen functional groups attached to an aromatic ring is 1. The van der Waals surface area contributed by atoms with E-state index in [0.29, 0.717) is 22.5 Å². The molecule has 0 saturated carbocycles. The molecule has 0 aliphatic rings. The molecule has 20 heavy (non-hydrogen) atoms. The fourth-order valence-electron chi connectivity index (χ4n) is 1.79. The van der Waals surface area contributed by atoms with Crippen molar-refractivity contribution in [2.24, 2.45) is 0 Å². The van der Waals surface area contributed by atoms with E-state index in [-0.39, 0.29) is 11.5 Å². The third-order valence-electron chi connectivity index (χ3n) is 3.01. The van der Waals surface area contributed by atoms with E-state index in [1.165, 1.54) is 12.1 Å². The molecule has 0 atom stereocenters. The van der Waals surface area contributed by atoms with Gasteiger partial charge in [0.15, 0.2) is 0 Å². The monoisotopic (exact) mass is 270 g/mol. The number of rotatable bonds is 3. The molecule has 0 radical (unpaired) electrons. The van der Waals surface area contributed by atoms with E-state index in [4.69, 9.17) is 10.8 Å². The Hall–Kier alpha value is -2.82. The van der Waals surface area contributed by atoms with Crippen LogP contribution in [0.25, 0.3) is 0 Å². The fourth-order valence-corrected chi connectivity index (χ4v) is 1.79. The summed E-state index contributed by atoms with van der Waals surface area (Å²) < 4.78 is 0. The summed E-state index contributed by atoms with van der Waals surface area (Å²) in [4.78, 5) is 22.9. The normalized spacial score (nSPS) is 10.1. The van der Waals surface area contributed by atoms with E-state index in [1.54, 1.807) is 37.3 Å². The van der Waals surface area contributed by atoms with Gasteiger partial charge in [-0.05, 0) is 48.9 Å². The van der Waals surface area contributed by atoms with Crippen molar-refractivity contribution in [3.05, 3.63) is 59.2 Å². The van der Waals surface area contributed by atoms with Crippen molar-refractivity contribution in [2.45, 2.75) is 6.92 Å². The quantitative estimate of drug-likeness (QED) is 0.747. The topological polar surface area (TPSA) is 92.4 Å². The van der Waals surface area contributed by atoms with Gasteiger partial charge in [0, 0.05) is 16.9 Å². The van der Waals surface area contributed by atoms with E-state index in [0.717, 1.165) is 0 Å². The third-order valence-corrected chi connectivity index (χ3v) is 3.01. The lowest BCUT2D eigenvalue weighted by atomic mass is 10.1. The van der Waals surface area contributed by atoms with Gasteiger partial charge in [0.05, 0.1) is 5.56 Å². The van der Waals surface area contributed by atoms with Gasteiger partial charge in [-0.2, -0.15) is 0 Å². The van der Waals surface area contributed by atoms with Crippen LogP contribution < -0.4 is 11.1 Å². The van der Waals surface area contributed by atoms with Crippen molar-refractivity contribution in [1.82, 2.24) is 0 Å². The van der Waals surface area contributed by atoms with E-state index >= 15 is 0 Å². The largest absolute Gasteiger partial charge is 0.478 e. The molecule has 0 fully saturated rings.